The third kappa shape index (κ3) is 4.32. The summed E-state index contributed by atoms with van der Waals surface area (Å²) < 4.78 is 16.6. The van der Waals surface area contributed by atoms with Crippen molar-refractivity contribution < 1.29 is 23.6 Å². The SMILES string of the molecule is COc1cc([N+](=O)[O-])ccc1NC(=O)c1ccc(COc2cccc3ccccc23)o1. The van der Waals surface area contributed by atoms with Gasteiger partial charge < -0.3 is 19.2 Å². The van der Waals surface area contributed by atoms with Crippen molar-refractivity contribution in [1.82, 2.24) is 0 Å². The molecule has 0 unspecified atom stereocenters. The number of carbonyl (C=O) groups excluding carboxylic acids is 1. The Labute approximate surface area is 177 Å². The van der Waals surface area contributed by atoms with Gasteiger partial charge in [-0.15, -0.1) is 0 Å². The summed E-state index contributed by atoms with van der Waals surface area (Å²) in [6, 6.07) is 20.8. The molecule has 1 heterocycles. The molecule has 1 aromatic heterocycles. The Kier molecular flexibility index (Phi) is 5.53. The van der Waals surface area contributed by atoms with Gasteiger partial charge in [0.2, 0.25) is 0 Å². The van der Waals surface area contributed by atoms with Crippen molar-refractivity contribution in [2.24, 2.45) is 0 Å². The van der Waals surface area contributed by atoms with Gasteiger partial charge >= 0.3 is 0 Å². The number of ether oxygens (including phenoxy) is 2. The minimum absolute atomic E-state index is 0.0805. The number of nitro benzene ring substituents is 1. The van der Waals surface area contributed by atoms with Gasteiger partial charge in [0, 0.05) is 11.5 Å². The van der Waals surface area contributed by atoms with E-state index in [-0.39, 0.29) is 23.8 Å². The van der Waals surface area contributed by atoms with Crippen molar-refractivity contribution >= 4 is 28.1 Å². The van der Waals surface area contributed by atoms with Gasteiger partial charge in [-0.25, -0.2) is 0 Å². The third-order valence-corrected chi connectivity index (χ3v) is 4.65. The number of benzene rings is 3. The molecule has 8 nitrogen and oxygen atoms in total. The van der Waals surface area contributed by atoms with E-state index in [1.165, 1.54) is 31.4 Å². The fourth-order valence-electron chi connectivity index (χ4n) is 3.13. The van der Waals surface area contributed by atoms with Crippen LogP contribution in [0.4, 0.5) is 11.4 Å². The summed E-state index contributed by atoms with van der Waals surface area (Å²) in [7, 11) is 1.37. The summed E-state index contributed by atoms with van der Waals surface area (Å²) in [6.07, 6.45) is 0. The van der Waals surface area contributed by atoms with E-state index in [0.717, 1.165) is 16.5 Å². The minimum atomic E-state index is -0.539. The summed E-state index contributed by atoms with van der Waals surface area (Å²) >= 11 is 0. The molecular formula is C23H18N2O6. The smallest absolute Gasteiger partial charge is 0.291 e. The Morgan fingerprint density at radius 1 is 1.03 bits per heavy atom. The molecule has 0 atom stereocenters. The molecule has 4 aromatic rings. The van der Waals surface area contributed by atoms with Crippen LogP contribution in [-0.2, 0) is 6.61 Å². The van der Waals surface area contributed by atoms with Crippen LogP contribution in [0.2, 0.25) is 0 Å². The zero-order chi connectivity index (χ0) is 21.8. The average Bonchev–Trinajstić information content (AvgIpc) is 3.27. The number of hydrogen-bond acceptors (Lipinski definition) is 6. The number of nitrogens with zero attached hydrogens (tertiary/aromatic N) is 1. The van der Waals surface area contributed by atoms with Gasteiger partial charge in [-0.05, 0) is 29.7 Å². The number of carbonyl (C=O) groups is 1. The highest BCUT2D eigenvalue weighted by atomic mass is 16.6. The first kappa shape index (κ1) is 20.0. The predicted molar refractivity (Wildman–Crippen MR) is 115 cm³/mol. The van der Waals surface area contributed by atoms with E-state index in [1.807, 2.05) is 42.5 Å². The first-order chi connectivity index (χ1) is 15.0. The Bertz CT molecular complexity index is 1260. The number of methoxy groups -OCH3 is 1. The second-order valence-electron chi connectivity index (χ2n) is 6.63. The Balaban J connectivity index is 1.45. The summed E-state index contributed by atoms with van der Waals surface area (Å²) in [4.78, 5) is 22.9. The zero-order valence-corrected chi connectivity index (χ0v) is 16.5. The van der Waals surface area contributed by atoms with Crippen LogP contribution < -0.4 is 14.8 Å². The number of nitro groups is 1. The summed E-state index contributed by atoms with van der Waals surface area (Å²) in [6.45, 7) is 0.155. The van der Waals surface area contributed by atoms with Crippen LogP contribution in [0.1, 0.15) is 16.3 Å². The maximum absolute atomic E-state index is 12.5. The molecule has 0 fully saturated rings. The topological polar surface area (TPSA) is 104 Å². The highest BCUT2D eigenvalue weighted by molar-refractivity contribution is 6.03. The largest absolute Gasteiger partial charge is 0.494 e. The number of hydrogen-bond donors (Lipinski definition) is 1. The molecule has 31 heavy (non-hydrogen) atoms. The molecular weight excluding hydrogens is 400 g/mol. The lowest BCUT2D eigenvalue weighted by Gasteiger charge is -2.09. The first-order valence-electron chi connectivity index (χ1n) is 9.38. The zero-order valence-electron chi connectivity index (χ0n) is 16.5. The number of fused-ring (bicyclic) bond motifs is 1. The molecule has 3 aromatic carbocycles. The lowest BCUT2D eigenvalue weighted by Crippen LogP contribution is -2.12. The average molecular weight is 418 g/mol. The summed E-state index contributed by atoms with van der Waals surface area (Å²) in [5.74, 6) is 0.943. The van der Waals surface area contributed by atoms with Gasteiger partial charge in [-0.2, -0.15) is 0 Å². The monoisotopic (exact) mass is 418 g/mol. The van der Waals surface area contributed by atoms with E-state index in [4.69, 9.17) is 13.9 Å². The second kappa shape index (κ2) is 8.58. The van der Waals surface area contributed by atoms with Gasteiger partial charge in [-0.1, -0.05) is 36.4 Å². The van der Waals surface area contributed by atoms with Crippen LogP contribution in [-0.4, -0.2) is 17.9 Å². The molecule has 156 valence electrons. The number of amides is 1. The van der Waals surface area contributed by atoms with Crippen molar-refractivity contribution in [1.29, 1.82) is 0 Å². The van der Waals surface area contributed by atoms with Gasteiger partial charge in [0.25, 0.3) is 11.6 Å². The number of non-ortho nitro benzene ring substituents is 1. The van der Waals surface area contributed by atoms with Crippen LogP contribution in [0, 0.1) is 10.1 Å². The number of furan rings is 1. The highest BCUT2D eigenvalue weighted by Gasteiger charge is 2.17. The van der Waals surface area contributed by atoms with E-state index in [1.54, 1.807) is 6.07 Å². The maximum atomic E-state index is 12.5. The van der Waals surface area contributed by atoms with Crippen LogP contribution in [0.3, 0.4) is 0 Å². The van der Waals surface area contributed by atoms with E-state index >= 15 is 0 Å². The molecule has 0 saturated heterocycles. The summed E-state index contributed by atoms with van der Waals surface area (Å²) in [5.41, 5.74) is 0.156. The van der Waals surface area contributed by atoms with Gasteiger partial charge in [-0.3, -0.25) is 14.9 Å². The molecule has 0 aliphatic carbocycles. The van der Waals surface area contributed by atoms with Crippen LogP contribution in [0.5, 0.6) is 11.5 Å². The van der Waals surface area contributed by atoms with E-state index in [2.05, 4.69) is 5.32 Å². The van der Waals surface area contributed by atoms with Crippen molar-refractivity contribution in [3.05, 3.63) is 94.4 Å². The second-order valence-corrected chi connectivity index (χ2v) is 6.63. The fourth-order valence-corrected chi connectivity index (χ4v) is 3.13. The maximum Gasteiger partial charge on any atom is 0.291 e. The number of anilines is 1. The third-order valence-electron chi connectivity index (χ3n) is 4.65. The molecule has 0 bridgehead atoms. The van der Waals surface area contributed by atoms with Gasteiger partial charge in [0.05, 0.1) is 23.8 Å². The minimum Gasteiger partial charge on any atom is -0.494 e. The molecule has 1 amide bonds. The number of rotatable bonds is 7. The molecule has 4 rings (SSSR count). The predicted octanol–water partition coefficient (Wildman–Crippen LogP) is 5.18. The molecule has 8 heteroatoms. The van der Waals surface area contributed by atoms with Crippen LogP contribution in [0.25, 0.3) is 10.8 Å². The van der Waals surface area contributed by atoms with Crippen molar-refractivity contribution in [2.45, 2.75) is 6.61 Å². The van der Waals surface area contributed by atoms with Crippen molar-refractivity contribution in [3.63, 3.8) is 0 Å². The highest BCUT2D eigenvalue weighted by Crippen LogP contribution is 2.30. The molecule has 1 N–H and O–H groups in total. The lowest BCUT2D eigenvalue weighted by atomic mass is 10.1. The first-order valence-corrected chi connectivity index (χ1v) is 9.38. The van der Waals surface area contributed by atoms with Gasteiger partial charge in [0.1, 0.15) is 23.9 Å². The quantitative estimate of drug-likeness (QED) is 0.328. The lowest BCUT2D eigenvalue weighted by molar-refractivity contribution is -0.384. The van der Waals surface area contributed by atoms with Crippen molar-refractivity contribution in [3.8, 4) is 11.5 Å². The van der Waals surface area contributed by atoms with Crippen molar-refractivity contribution in [2.75, 3.05) is 12.4 Å². The van der Waals surface area contributed by atoms with E-state index in [9.17, 15) is 14.9 Å². The summed E-state index contributed by atoms with van der Waals surface area (Å²) in [5, 5.41) is 15.6. The Morgan fingerprint density at radius 2 is 1.84 bits per heavy atom. The van der Waals surface area contributed by atoms with E-state index < -0.39 is 10.8 Å². The normalized spacial score (nSPS) is 10.6. The van der Waals surface area contributed by atoms with Crippen LogP contribution >= 0.6 is 0 Å². The molecule has 0 aliphatic rings. The molecule has 0 aliphatic heterocycles. The Hall–Kier alpha value is -4.33. The Morgan fingerprint density at radius 3 is 2.65 bits per heavy atom. The molecule has 0 saturated carbocycles. The van der Waals surface area contributed by atoms with Crippen LogP contribution in [0.15, 0.2) is 77.2 Å². The molecule has 0 radical (unpaired) electrons. The standard InChI is InChI=1S/C23H18N2O6/c1-29-22-13-16(25(27)28)9-11-19(22)24-23(26)21-12-10-17(31-21)14-30-20-8-4-6-15-5-2-3-7-18(15)20/h2-13H,14H2,1H3,(H,24,26). The van der Waals surface area contributed by atoms with E-state index in [0.29, 0.717) is 11.4 Å². The number of nitrogens with one attached hydrogen (secondary N) is 1. The molecule has 0 spiro atoms. The fraction of sp³-hybridized carbons (Fsp3) is 0.0870. The van der Waals surface area contributed by atoms with Gasteiger partial charge in [0.15, 0.2) is 5.76 Å².